The van der Waals surface area contributed by atoms with E-state index in [1.807, 2.05) is 6.92 Å². The maximum atomic E-state index is 14.6. The number of aromatic nitrogens is 4. The second kappa shape index (κ2) is 13.4. The van der Waals surface area contributed by atoms with Crippen molar-refractivity contribution in [2.45, 2.75) is 64.0 Å². The molecule has 1 fully saturated rings. The van der Waals surface area contributed by atoms with Gasteiger partial charge in [-0.1, -0.05) is 0 Å². The summed E-state index contributed by atoms with van der Waals surface area (Å²) in [5.41, 5.74) is 1.04. The molecule has 0 aromatic carbocycles. The number of aromatic amines is 1. The topological polar surface area (TPSA) is 114 Å². The van der Waals surface area contributed by atoms with E-state index >= 15 is 0 Å². The van der Waals surface area contributed by atoms with Gasteiger partial charge < -0.3 is 25.1 Å². The number of ether oxygens (including phenoxy) is 2. The lowest BCUT2D eigenvalue weighted by Crippen LogP contribution is -2.42. The molecule has 9 nitrogen and oxygen atoms in total. The van der Waals surface area contributed by atoms with Gasteiger partial charge in [-0.05, 0) is 51.5 Å². The van der Waals surface area contributed by atoms with E-state index in [0.717, 1.165) is 44.5 Å². The number of unbranched alkanes of at least 4 members (excludes halogenated alkanes) is 1. The molecule has 3 N–H and O–H groups in total. The van der Waals surface area contributed by atoms with Crippen LogP contribution in [0.3, 0.4) is 0 Å². The Morgan fingerprint density at radius 2 is 1.95 bits per heavy atom. The van der Waals surface area contributed by atoms with E-state index in [1.54, 1.807) is 6.20 Å². The number of hydrogen-bond acceptors (Lipinski definition) is 7. The molecule has 0 bridgehead atoms. The molecule has 3 aromatic heterocycles. The normalized spacial score (nSPS) is 17.7. The summed E-state index contributed by atoms with van der Waals surface area (Å²) in [6.45, 7) is 4.41. The molecule has 0 saturated heterocycles. The van der Waals surface area contributed by atoms with Crippen LogP contribution in [0.15, 0.2) is 24.7 Å². The summed E-state index contributed by atoms with van der Waals surface area (Å²) in [6, 6.07) is 1.32. The maximum Gasteiger partial charge on any atom is 0.220 e. The van der Waals surface area contributed by atoms with Gasteiger partial charge in [0, 0.05) is 48.9 Å². The molecule has 0 unspecified atom stereocenters. The number of carbonyl (C=O) groups is 1. The largest absolute Gasteiger partial charge is 0.379 e. The molecule has 11 heteroatoms. The molecule has 0 radical (unpaired) electrons. The molecule has 4 rings (SSSR count). The van der Waals surface area contributed by atoms with Crippen molar-refractivity contribution in [2.24, 2.45) is 0 Å². The van der Waals surface area contributed by atoms with Gasteiger partial charge in [0.05, 0.1) is 25.6 Å². The summed E-state index contributed by atoms with van der Waals surface area (Å²) in [4.78, 5) is 27.9. The van der Waals surface area contributed by atoms with Crippen LogP contribution < -0.4 is 10.6 Å². The molecule has 1 aliphatic rings. The molecule has 3 heterocycles. The number of carbonyl (C=O) groups excluding carboxylic acids is 1. The van der Waals surface area contributed by atoms with E-state index in [2.05, 4.69) is 30.6 Å². The van der Waals surface area contributed by atoms with E-state index in [1.165, 1.54) is 6.07 Å². The average Bonchev–Trinajstić information content (AvgIpc) is 3.30. The van der Waals surface area contributed by atoms with Gasteiger partial charge in [0.25, 0.3) is 0 Å². The van der Waals surface area contributed by atoms with Gasteiger partial charge in [-0.15, -0.1) is 0 Å². The van der Waals surface area contributed by atoms with Crippen molar-refractivity contribution < 1.29 is 23.0 Å². The maximum absolute atomic E-state index is 14.6. The number of rotatable bonds is 13. The van der Waals surface area contributed by atoms with Crippen LogP contribution in [-0.2, 0) is 14.3 Å². The quantitative estimate of drug-likeness (QED) is 0.289. The molecular weight excluding hydrogens is 482 g/mol. The first-order valence-electron chi connectivity index (χ1n) is 12.9. The summed E-state index contributed by atoms with van der Waals surface area (Å²) in [7, 11) is 0. The van der Waals surface area contributed by atoms with Crippen molar-refractivity contribution in [3.63, 3.8) is 0 Å². The minimum Gasteiger partial charge on any atom is -0.379 e. The Labute approximate surface area is 214 Å². The summed E-state index contributed by atoms with van der Waals surface area (Å²) >= 11 is 0. The fourth-order valence-electron chi connectivity index (χ4n) is 4.56. The number of anilines is 1. The summed E-state index contributed by atoms with van der Waals surface area (Å²) in [6.07, 6.45) is 9.21. The number of pyridine rings is 1. The van der Waals surface area contributed by atoms with Crippen LogP contribution in [0.25, 0.3) is 22.4 Å². The third-order valence-corrected chi connectivity index (χ3v) is 6.38. The molecule has 3 aromatic rings. The standard InChI is InChI=1S/C26H34F2N6O3/c1-2-36-10-11-37-9-4-3-8-23(35)32-18-6-5-7-19(13-18)33-26-22(28)16-31-25(34-26)21-15-30-24-20(21)12-17(27)14-29-24/h12,14-16,18-19H,2-11,13H2,1H3,(H,29,30)(H,32,35)(H,31,33,34)/t18-,19+/m0/s1. The van der Waals surface area contributed by atoms with Gasteiger partial charge in [0.15, 0.2) is 17.5 Å². The molecule has 1 aliphatic carbocycles. The number of nitrogens with one attached hydrogen (secondary N) is 3. The molecule has 1 saturated carbocycles. The second-order valence-corrected chi connectivity index (χ2v) is 9.18. The zero-order valence-corrected chi connectivity index (χ0v) is 21.1. The van der Waals surface area contributed by atoms with Gasteiger partial charge in [-0.25, -0.2) is 23.7 Å². The predicted molar refractivity (Wildman–Crippen MR) is 136 cm³/mol. The Hall–Kier alpha value is -3.18. The minimum absolute atomic E-state index is 0.0215. The number of halogens is 2. The number of amides is 1. The van der Waals surface area contributed by atoms with E-state index in [4.69, 9.17) is 9.47 Å². The Morgan fingerprint density at radius 1 is 1.11 bits per heavy atom. The van der Waals surface area contributed by atoms with Crippen LogP contribution in [0.5, 0.6) is 0 Å². The molecule has 1 amide bonds. The van der Waals surface area contributed by atoms with Gasteiger partial charge in [-0.2, -0.15) is 0 Å². The second-order valence-electron chi connectivity index (χ2n) is 9.18. The molecule has 37 heavy (non-hydrogen) atoms. The summed E-state index contributed by atoms with van der Waals surface area (Å²) in [5.74, 6) is -0.664. The number of fused-ring (bicyclic) bond motifs is 1. The molecule has 0 spiro atoms. The lowest BCUT2D eigenvalue weighted by molar-refractivity contribution is -0.122. The zero-order valence-electron chi connectivity index (χ0n) is 21.1. The fraction of sp³-hybridized carbons (Fsp3) is 0.538. The van der Waals surface area contributed by atoms with Crippen LogP contribution in [0.4, 0.5) is 14.6 Å². The molecular formula is C26H34F2N6O3. The third-order valence-electron chi connectivity index (χ3n) is 6.38. The first-order valence-corrected chi connectivity index (χ1v) is 12.9. The lowest BCUT2D eigenvalue weighted by Gasteiger charge is -2.30. The lowest BCUT2D eigenvalue weighted by atomic mass is 9.90. The fourth-order valence-corrected chi connectivity index (χ4v) is 4.56. The SMILES string of the molecule is CCOCCOCCCCC(=O)N[C@H]1CCC[C@@H](Nc2nc(-c3c[nH]c4ncc(F)cc34)ncc2F)C1. The van der Waals surface area contributed by atoms with Crippen molar-refractivity contribution >= 4 is 22.8 Å². The minimum atomic E-state index is -0.567. The summed E-state index contributed by atoms with van der Waals surface area (Å²) < 4.78 is 39.0. The van der Waals surface area contributed by atoms with Crippen LogP contribution in [0, 0.1) is 11.6 Å². The van der Waals surface area contributed by atoms with Gasteiger partial charge in [-0.3, -0.25) is 4.79 Å². The average molecular weight is 517 g/mol. The smallest absolute Gasteiger partial charge is 0.220 e. The first kappa shape index (κ1) is 26.9. The van der Waals surface area contributed by atoms with Crippen molar-refractivity contribution in [3.8, 4) is 11.4 Å². The Balaban J connectivity index is 1.27. The van der Waals surface area contributed by atoms with Gasteiger partial charge >= 0.3 is 0 Å². The molecule has 2 atom stereocenters. The molecule has 200 valence electrons. The van der Waals surface area contributed by atoms with Crippen molar-refractivity contribution in [3.05, 3.63) is 36.3 Å². The van der Waals surface area contributed by atoms with E-state index in [0.29, 0.717) is 55.9 Å². The Morgan fingerprint density at radius 3 is 2.81 bits per heavy atom. The van der Waals surface area contributed by atoms with Crippen LogP contribution in [0.1, 0.15) is 51.9 Å². The highest BCUT2D eigenvalue weighted by Crippen LogP contribution is 2.28. The Kier molecular flexibility index (Phi) is 9.72. The van der Waals surface area contributed by atoms with Crippen molar-refractivity contribution in [1.82, 2.24) is 25.3 Å². The van der Waals surface area contributed by atoms with E-state index in [-0.39, 0.29) is 29.6 Å². The monoisotopic (exact) mass is 516 g/mol. The Bertz CT molecular complexity index is 1170. The number of H-pyrrole nitrogens is 1. The van der Waals surface area contributed by atoms with E-state index in [9.17, 15) is 13.6 Å². The van der Waals surface area contributed by atoms with Crippen LogP contribution in [-0.4, -0.2) is 64.4 Å². The van der Waals surface area contributed by atoms with Gasteiger partial charge in [0.2, 0.25) is 5.91 Å². The highest BCUT2D eigenvalue weighted by molar-refractivity contribution is 5.91. The van der Waals surface area contributed by atoms with Crippen molar-refractivity contribution in [2.75, 3.05) is 31.7 Å². The third kappa shape index (κ3) is 7.65. The number of hydrogen-bond donors (Lipinski definition) is 3. The summed E-state index contributed by atoms with van der Waals surface area (Å²) in [5, 5.41) is 6.83. The van der Waals surface area contributed by atoms with Crippen molar-refractivity contribution in [1.29, 1.82) is 0 Å². The highest BCUT2D eigenvalue weighted by atomic mass is 19.1. The van der Waals surface area contributed by atoms with Crippen LogP contribution in [0.2, 0.25) is 0 Å². The number of nitrogens with zero attached hydrogens (tertiary/aromatic N) is 3. The zero-order chi connectivity index (χ0) is 26.0. The highest BCUT2D eigenvalue weighted by Gasteiger charge is 2.25. The van der Waals surface area contributed by atoms with Gasteiger partial charge in [0.1, 0.15) is 11.5 Å². The molecule has 0 aliphatic heterocycles. The van der Waals surface area contributed by atoms with E-state index < -0.39 is 11.6 Å². The van der Waals surface area contributed by atoms with Crippen LogP contribution >= 0.6 is 0 Å². The predicted octanol–water partition coefficient (Wildman–Crippen LogP) is 4.36. The first-order chi connectivity index (χ1) is 18.0.